The Labute approximate surface area is 111 Å². The van der Waals surface area contributed by atoms with Crippen molar-refractivity contribution in [3.8, 4) is 0 Å². The molecule has 1 fully saturated rings. The molecule has 1 aromatic rings. The van der Waals surface area contributed by atoms with Crippen LogP contribution in [0.1, 0.15) is 63.2 Å². The molecule has 2 rings (SSSR count). The largest absolute Gasteiger partial charge is 0.388 e. The monoisotopic (exact) mass is 246 g/mol. The van der Waals surface area contributed by atoms with E-state index in [1.807, 2.05) is 0 Å². The lowest BCUT2D eigenvalue weighted by molar-refractivity contribution is 0.0111. The molecule has 1 aliphatic rings. The van der Waals surface area contributed by atoms with Crippen molar-refractivity contribution >= 4 is 0 Å². The summed E-state index contributed by atoms with van der Waals surface area (Å²) in [6.07, 6.45) is 5.76. The maximum absolute atomic E-state index is 10.8. The van der Waals surface area contributed by atoms with Crippen LogP contribution in [0.15, 0.2) is 24.3 Å². The van der Waals surface area contributed by atoms with Crippen LogP contribution >= 0.6 is 0 Å². The van der Waals surface area contributed by atoms with Gasteiger partial charge in [-0.1, -0.05) is 56.5 Å². The zero-order valence-electron chi connectivity index (χ0n) is 11.9. The first-order chi connectivity index (χ1) is 8.53. The minimum Gasteiger partial charge on any atom is -0.388 e. The maximum Gasteiger partial charge on any atom is 0.0846 e. The molecule has 1 unspecified atom stereocenters. The van der Waals surface area contributed by atoms with Crippen LogP contribution in [-0.2, 0) is 0 Å². The third kappa shape index (κ3) is 2.77. The highest BCUT2D eigenvalue weighted by Crippen LogP contribution is 2.51. The van der Waals surface area contributed by atoms with Gasteiger partial charge in [-0.2, -0.15) is 0 Å². The minimum atomic E-state index is -0.290. The van der Waals surface area contributed by atoms with Gasteiger partial charge in [0.05, 0.1) is 6.10 Å². The van der Waals surface area contributed by atoms with Crippen molar-refractivity contribution in [2.75, 3.05) is 0 Å². The van der Waals surface area contributed by atoms with Crippen LogP contribution in [0.3, 0.4) is 0 Å². The third-order valence-electron chi connectivity index (χ3n) is 4.35. The summed E-state index contributed by atoms with van der Waals surface area (Å²) in [5, 5.41) is 10.8. The average Bonchev–Trinajstić information content (AvgIpc) is 2.77. The van der Waals surface area contributed by atoms with Gasteiger partial charge in [0.1, 0.15) is 0 Å². The Balaban J connectivity index is 2.25. The predicted octanol–water partition coefficient (Wildman–Crippen LogP) is 4.63. The summed E-state index contributed by atoms with van der Waals surface area (Å²) in [6, 6.07) is 8.38. The third-order valence-corrected chi connectivity index (χ3v) is 4.35. The van der Waals surface area contributed by atoms with E-state index in [-0.39, 0.29) is 11.5 Å². The number of hydrogen-bond donors (Lipinski definition) is 1. The van der Waals surface area contributed by atoms with Crippen molar-refractivity contribution in [2.24, 2.45) is 11.3 Å². The van der Waals surface area contributed by atoms with Crippen LogP contribution in [0.5, 0.6) is 0 Å². The highest BCUT2D eigenvalue weighted by Gasteiger charge is 2.41. The molecule has 1 aliphatic carbocycles. The Morgan fingerprint density at radius 1 is 1.22 bits per heavy atom. The minimum absolute atomic E-state index is 0.127. The molecular formula is C17H26O. The van der Waals surface area contributed by atoms with Gasteiger partial charge in [0.15, 0.2) is 0 Å². The lowest BCUT2D eigenvalue weighted by Gasteiger charge is -2.36. The fourth-order valence-corrected chi connectivity index (χ4v) is 3.68. The Bertz CT molecular complexity index is 388. The van der Waals surface area contributed by atoms with E-state index >= 15 is 0 Å². The number of aliphatic hydroxyl groups excluding tert-OH is 1. The lowest BCUT2D eigenvalue weighted by atomic mass is 9.72. The van der Waals surface area contributed by atoms with Gasteiger partial charge in [-0.15, -0.1) is 0 Å². The molecule has 1 N–H and O–H groups in total. The fraction of sp³-hybridized carbons (Fsp3) is 0.647. The number of rotatable bonds is 4. The van der Waals surface area contributed by atoms with Crippen LogP contribution in [0.4, 0.5) is 0 Å². The van der Waals surface area contributed by atoms with E-state index in [2.05, 4.69) is 45.0 Å². The van der Waals surface area contributed by atoms with E-state index in [4.69, 9.17) is 0 Å². The second-order valence-electron chi connectivity index (χ2n) is 6.48. The highest BCUT2D eigenvalue weighted by atomic mass is 16.3. The molecule has 0 spiro atoms. The number of aliphatic hydroxyl groups is 1. The molecule has 100 valence electrons. The van der Waals surface area contributed by atoms with Gasteiger partial charge < -0.3 is 5.11 Å². The molecule has 0 amide bonds. The van der Waals surface area contributed by atoms with Gasteiger partial charge in [0, 0.05) is 5.41 Å². The van der Waals surface area contributed by atoms with Crippen molar-refractivity contribution in [2.45, 2.75) is 59.0 Å². The predicted molar refractivity (Wildman–Crippen MR) is 76.5 cm³/mol. The Kier molecular flexibility index (Phi) is 4.11. The normalized spacial score (nSPS) is 20.3. The van der Waals surface area contributed by atoms with Crippen molar-refractivity contribution in [3.05, 3.63) is 35.4 Å². The van der Waals surface area contributed by atoms with Gasteiger partial charge >= 0.3 is 0 Å². The maximum atomic E-state index is 10.8. The first-order valence-electron chi connectivity index (χ1n) is 7.28. The number of aryl methyl sites for hydroxylation is 1. The molecule has 1 saturated carbocycles. The molecule has 0 aromatic heterocycles. The summed E-state index contributed by atoms with van der Waals surface area (Å²) in [5.74, 6) is 0.655. The van der Waals surface area contributed by atoms with Gasteiger partial charge in [0.25, 0.3) is 0 Å². The number of hydrogen-bond acceptors (Lipinski definition) is 1. The molecule has 1 aromatic carbocycles. The Morgan fingerprint density at radius 3 is 2.44 bits per heavy atom. The molecule has 0 aliphatic heterocycles. The van der Waals surface area contributed by atoms with E-state index in [0.29, 0.717) is 5.92 Å². The first-order valence-corrected chi connectivity index (χ1v) is 7.28. The van der Waals surface area contributed by atoms with Gasteiger partial charge in [-0.05, 0) is 37.7 Å². The zero-order valence-corrected chi connectivity index (χ0v) is 11.9. The molecule has 0 saturated heterocycles. The van der Waals surface area contributed by atoms with Crippen molar-refractivity contribution in [1.82, 2.24) is 0 Å². The summed E-state index contributed by atoms with van der Waals surface area (Å²) in [6.45, 7) is 6.63. The van der Waals surface area contributed by atoms with Gasteiger partial charge in [-0.3, -0.25) is 0 Å². The van der Waals surface area contributed by atoms with Crippen molar-refractivity contribution in [1.29, 1.82) is 0 Å². The van der Waals surface area contributed by atoms with E-state index < -0.39 is 0 Å². The molecular weight excluding hydrogens is 220 g/mol. The van der Waals surface area contributed by atoms with E-state index in [1.54, 1.807) is 0 Å². The SMILES string of the molecule is Cc1cccc(C(O)C2(CC(C)C)CCCC2)c1. The van der Waals surface area contributed by atoms with Crippen LogP contribution in [0.25, 0.3) is 0 Å². The second-order valence-corrected chi connectivity index (χ2v) is 6.48. The molecule has 0 heterocycles. The molecule has 1 heteroatoms. The van der Waals surface area contributed by atoms with Crippen LogP contribution in [-0.4, -0.2) is 5.11 Å². The molecule has 1 nitrogen and oxygen atoms in total. The smallest absolute Gasteiger partial charge is 0.0846 e. The fourth-order valence-electron chi connectivity index (χ4n) is 3.68. The summed E-state index contributed by atoms with van der Waals surface area (Å²) in [4.78, 5) is 0. The van der Waals surface area contributed by atoms with E-state index in [0.717, 1.165) is 12.0 Å². The van der Waals surface area contributed by atoms with Crippen LogP contribution in [0, 0.1) is 18.3 Å². The van der Waals surface area contributed by atoms with E-state index in [1.165, 1.54) is 31.2 Å². The zero-order chi connectivity index (χ0) is 13.2. The topological polar surface area (TPSA) is 20.2 Å². The van der Waals surface area contributed by atoms with Gasteiger partial charge in [-0.25, -0.2) is 0 Å². The molecule has 0 radical (unpaired) electrons. The van der Waals surface area contributed by atoms with Crippen LogP contribution < -0.4 is 0 Å². The van der Waals surface area contributed by atoms with E-state index in [9.17, 15) is 5.11 Å². The average molecular weight is 246 g/mol. The van der Waals surface area contributed by atoms with Crippen LogP contribution in [0.2, 0.25) is 0 Å². The molecule has 0 bridgehead atoms. The highest BCUT2D eigenvalue weighted by molar-refractivity contribution is 5.26. The molecule has 18 heavy (non-hydrogen) atoms. The summed E-state index contributed by atoms with van der Waals surface area (Å²) in [5.41, 5.74) is 2.48. The second kappa shape index (κ2) is 5.44. The van der Waals surface area contributed by atoms with Crippen molar-refractivity contribution in [3.63, 3.8) is 0 Å². The van der Waals surface area contributed by atoms with Crippen molar-refractivity contribution < 1.29 is 5.11 Å². The summed E-state index contributed by atoms with van der Waals surface area (Å²) < 4.78 is 0. The number of benzene rings is 1. The standard InChI is InChI=1S/C17H26O/c1-13(2)12-17(9-4-5-10-17)16(18)15-8-6-7-14(3)11-15/h6-8,11,13,16,18H,4-5,9-10,12H2,1-3H3. The summed E-state index contributed by atoms with van der Waals surface area (Å²) in [7, 11) is 0. The Hall–Kier alpha value is -0.820. The first kappa shape index (κ1) is 13.6. The van der Waals surface area contributed by atoms with Gasteiger partial charge in [0.2, 0.25) is 0 Å². The quantitative estimate of drug-likeness (QED) is 0.821. The lowest BCUT2D eigenvalue weighted by Crippen LogP contribution is -2.27. The molecule has 1 atom stereocenters. The summed E-state index contributed by atoms with van der Waals surface area (Å²) >= 11 is 0. The Morgan fingerprint density at radius 2 is 1.89 bits per heavy atom.